The molecule has 5 heteroatoms. The van der Waals surface area contributed by atoms with Crippen LogP contribution in [0.5, 0.6) is 11.5 Å². The van der Waals surface area contributed by atoms with E-state index in [1.165, 1.54) is 18.2 Å². The molecule has 0 heterocycles. The van der Waals surface area contributed by atoms with Gasteiger partial charge in [0.15, 0.2) is 5.75 Å². The molecule has 0 atom stereocenters. The third kappa shape index (κ3) is 2.93. The SMILES string of the molecule is O=C(OOc1ccc(Cl)c(O)c1)c1ccccc1. The molecule has 92 valence electrons. The maximum Gasteiger partial charge on any atom is 0.386 e. The number of halogens is 1. The van der Waals surface area contributed by atoms with Gasteiger partial charge >= 0.3 is 5.97 Å². The highest BCUT2D eigenvalue weighted by atomic mass is 35.5. The van der Waals surface area contributed by atoms with Crippen LogP contribution >= 0.6 is 11.6 Å². The van der Waals surface area contributed by atoms with Gasteiger partial charge in [0.05, 0.1) is 10.6 Å². The van der Waals surface area contributed by atoms with Crippen LogP contribution in [0.15, 0.2) is 48.5 Å². The van der Waals surface area contributed by atoms with Gasteiger partial charge in [-0.25, -0.2) is 9.68 Å². The first-order chi connectivity index (χ1) is 8.66. The highest BCUT2D eigenvalue weighted by Gasteiger charge is 2.09. The second-order valence-corrected chi connectivity index (χ2v) is 3.84. The Kier molecular flexibility index (Phi) is 3.69. The molecule has 2 aromatic rings. The Labute approximate surface area is 108 Å². The van der Waals surface area contributed by atoms with Crippen molar-refractivity contribution in [2.45, 2.75) is 0 Å². The molecule has 0 saturated heterocycles. The summed E-state index contributed by atoms with van der Waals surface area (Å²) >= 11 is 5.63. The minimum Gasteiger partial charge on any atom is -0.506 e. The summed E-state index contributed by atoms with van der Waals surface area (Å²) in [5, 5.41) is 9.52. The fourth-order valence-electron chi connectivity index (χ4n) is 1.25. The maximum absolute atomic E-state index is 11.5. The Bertz CT molecular complexity index is 554. The topological polar surface area (TPSA) is 55.8 Å². The zero-order valence-electron chi connectivity index (χ0n) is 9.17. The molecule has 0 unspecified atom stereocenters. The summed E-state index contributed by atoms with van der Waals surface area (Å²) in [6.45, 7) is 0. The normalized spacial score (nSPS) is 9.83. The summed E-state index contributed by atoms with van der Waals surface area (Å²) in [6.07, 6.45) is 0. The lowest BCUT2D eigenvalue weighted by Gasteiger charge is -2.05. The highest BCUT2D eigenvalue weighted by Crippen LogP contribution is 2.27. The van der Waals surface area contributed by atoms with E-state index in [0.717, 1.165) is 0 Å². The van der Waals surface area contributed by atoms with E-state index in [1.807, 2.05) is 0 Å². The summed E-state index contributed by atoms with van der Waals surface area (Å²) in [5.74, 6) is -0.587. The summed E-state index contributed by atoms with van der Waals surface area (Å²) in [5.41, 5.74) is 0.371. The van der Waals surface area contributed by atoms with E-state index < -0.39 is 5.97 Å². The van der Waals surface area contributed by atoms with E-state index in [1.54, 1.807) is 30.3 Å². The van der Waals surface area contributed by atoms with Gasteiger partial charge in [-0.1, -0.05) is 29.8 Å². The minimum atomic E-state index is -0.620. The molecule has 0 amide bonds. The van der Waals surface area contributed by atoms with Crippen LogP contribution in [0.4, 0.5) is 0 Å². The molecule has 0 fully saturated rings. The molecule has 0 spiro atoms. The van der Waals surface area contributed by atoms with Crippen molar-refractivity contribution in [3.63, 3.8) is 0 Å². The van der Waals surface area contributed by atoms with Crippen LogP contribution in [0.3, 0.4) is 0 Å². The lowest BCUT2D eigenvalue weighted by atomic mass is 10.2. The Hall–Kier alpha value is -2.20. The van der Waals surface area contributed by atoms with Crippen molar-refractivity contribution in [1.29, 1.82) is 0 Å². The van der Waals surface area contributed by atoms with Crippen molar-refractivity contribution in [2.24, 2.45) is 0 Å². The standard InChI is InChI=1S/C13H9ClO4/c14-11-7-6-10(8-12(11)15)17-18-13(16)9-4-2-1-3-5-9/h1-8,15H. The van der Waals surface area contributed by atoms with Crippen LogP contribution in [-0.4, -0.2) is 11.1 Å². The molecule has 4 nitrogen and oxygen atoms in total. The number of rotatable bonds is 3. The van der Waals surface area contributed by atoms with Crippen LogP contribution in [0.25, 0.3) is 0 Å². The molecule has 1 N–H and O–H groups in total. The lowest BCUT2D eigenvalue weighted by molar-refractivity contribution is -0.149. The number of hydrogen-bond donors (Lipinski definition) is 1. The van der Waals surface area contributed by atoms with Crippen molar-refractivity contribution in [1.82, 2.24) is 0 Å². The average molecular weight is 265 g/mol. The van der Waals surface area contributed by atoms with Crippen LogP contribution in [0.1, 0.15) is 10.4 Å². The van der Waals surface area contributed by atoms with Crippen molar-refractivity contribution >= 4 is 17.6 Å². The number of aromatic hydroxyl groups is 1. The number of carbonyl (C=O) groups is 1. The smallest absolute Gasteiger partial charge is 0.386 e. The Balaban J connectivity index is 1.99. The molecular weight excluding hydrogens is 256 g/mol. The quantitative estimate of drug-likeness (QED) is 0.683. The molecule has 0 bridgehead atoms. The summed E-state index contributed by atoms with van der Waals surface area (Å²) < 4.78 is 0. The number of phenols is 1. The molecule has 0 aromatic heterocycles. The second-order valence-electron chi connectivity index (χ2n) is 3.43. The van der Waals surface area contributed by atoms with Crippen LogP contribution in [-0.2, 0) is 4.89 Å². The highest BCUT2D eigenvalue weighted by molar-refractivity contribution is 6.32. The van der Waals surface area contributed by atoms with E-state index in [9.17, 15) is 9.90 Å². The molecule has 18 heavy (non-hydrogen) atoms. The van der Waals surface area contributed by atoms with Crippen LogP contribution in [0, 0.1) is 0 Å². The monoisotopic (exact) mass is 264 g/mol. The van der Waals surface area contributed by atoms with E-state index >= 15 is 0 Å². The minimum absolute atomic E-state index is 0.148. The van der Waals surface area contributed by atoms with Crippen molar-refractivity contribution in [3.05, 3.63) is 59.1 Å². The molecule has 0 aliphatic heterocycles. The molecule has 0 aliphatic carbocycles. The largest absolute Gasteiger partial charge is 0.506 e. The zero-order chi connectivity index (χ0) is 13.0. The fraction of sp³-hybridized carbons (Fsp3) is 0. The molecule has 0 radical (unpaired) electrons. The van der Waals surface area contributed by atoms with Crippen molar-refractivity contribution < 1.29 is 19.7 Å². The van der Waals surface area contributed by atoms with E-state index in [-0.39, 0.29) is 16.5 Å². The van der Waals surface area contributed by atoms with Gasteiger partial charge in [-0.2, -0.15) is 0 Å². The van der Waals surface area contributed by atoms with Crippen molar-refractivity contribution in [3.8, 4) is 11.5 Å². The summed E-state index contributed by atoms with van der Waals surface area (Å²) in [6, 6.07) is 12.6. The maximum atomic E-state index is 11.5. The van der Waals surface area contributed by atoms with Gasteiger partial charge in [-0.3, -0.25) is 4.89 Å². The Morgan fingerprint density at radius 2 is 1.83 bits per heavy atom. The van der Waals surface area contributed by atoms with Gasteiger partial charge < -0.3 is 5.11 Å². The van der Waals surface area contributed by atoms with Gasteiger partial charge in [0.2, 0.25) is 0 Å². The first-order valence-corrected chi connectivity index (χ1v) is 5.47. The average Bonchev–Trinajstić information content (AvgIpc) is 2.41. The fourth-order valence-corrected chi connectivity index (χ4v) is 1.37. The number of phenolic OH excluding ortho intramolecular Hbond substituents is 1. The van der Waals surface area contributed by atoms with Gasteiger partial charge in [-0.05, 0) is 24.3 Å². The van der Waals surface area contributed by atoms with E-state index in [2.05, 4.69) is 4.89 Å². The second kappa shape index (κ2) is 5.42. The third-order valence-electron chi connectivity index (χ3n) is 2.14. The third-order valence-corrected chi connectivity index (χ3v) is 2.46. The Morgan fingerprint density at radius 3 is 2.50 bits per heavy atom. The number of hydrogen-bond acceptors (Lipinski definition) is 4. The molecule has 0 aliphatic rings. The van der Waals surface area contributed by atoms with Gasteiger partial charge in [-0.15, -0.1) is 0 Å². The summed E-state index contributed by atoms with van der Waals surface area (Å²) in [7, 11) is 0. The predicted molar refractivity (Wildman–Crippen MR) is 65.6 cm³/mol. The number of benzene rings is 2. The first-order valence-electron chi connectivity index (χ1n) is 5.09. The predicted octanol–water partition coefficient (Wildman–Crippen LogP) is 3.20. The first kappa shape index (κ1) is 12.3. The Morgan fingerprint density at radius 1 is 1.11 bits per heavy atom. The molecular formula is C13H9ClO4. The van der Waals surface area contributed by atoms with Crippen LogP contribution < -0.4 is 4.89 Å². The van der Waals surface area contributed by atoms with Gasteiger partial charge in [0, 0.05) is 6.07 Å². The summed E-state index contributed by atoms with van der Waals surface area (Å²) in [4.78, 5) is 20.9. The molecule has 2 rings (SSSR count). The van der Waals surface area contributed by atoms with Crippen molar-refractivity contribution in [2.75, 3.05) is 0 Å². The van der Waals surface area contributed by atoms with E-state index in [0.29, 0.717) is 5.56 Å². The van der Waals surface area contributed by atoms with E-state index in [4.69, 9.17) is 16.5 Å². The lowest BCUT2D eigenvalue weighted by Crippen LogP contribution is -2.08. The zero-order valence-corrected chi connectivity index (χ0v) is 9.92. The number of carbonyl (C=O) groups excluding carboxylic acids is 1. The van der Waals surface area contributed by atoms with Gasteiger partial charge in [0.1, 0.15) is 5.75 Å². The molecule has 0 saturated carbocycles. The van der Waals surface area contributed by atoms with Crippen LogP contribution in [0.2, 0.25) is 5.02 Å². The van der Waals surface area contributed by atoms with Gasteiger partial charge in [0.25, 0.3) is 0 Å². The molecule has 2 aromatic carbocycles.